The molecule has 1 amide bonds. The Labute approximate surface area is 140 Å². The summed E-state index contributed by atoms with van der Waals surface area (Å²) in [7, 11) is 0. The zero-order valence-electron chi connectivity index (χ0n) is 13.3. The Balaban J connectivity index is 1.36. The number of nitrogens with one attached hydrogen (secondary N) is 1. The summed E-state index contributed by atoms with van der Waals surface area (Å²) in [6.45, 7) is 0.895. The first kappa shape index (κ1) is 14.9. The number of hydrogen-bond acceptors (Lipinski definition) is 4. The molecule has 1 N–H and O–H groups in total. The highest BCUT2D eigenvalue weighted by Gasteiger charge is 2.22. The van der Waals surface area contributed by atoms with Crippen molar-refractivity contribution in [3.63, 3.8) is 0 Å². The molecule has 0 unspecified atom stereocenters. The molecular weight excluding hydrogens is 306 g/mol. The SMILES string of the molecule is O=C(CCc1ccc2c(c1)OCO2)N[C@@H]1CCOc2ccccc21. The number of carbonyl (C=O) groups excluding carboxylic acids is 1. The molecule has 0 aliphatic carbocycles. The molecule has 5 heteroatoms. The molecule has 2 aromatic rings. The van der Waals surface area contributed by atoms with Crippen molar-refractivity contribution in [2.24, 2.45) is 0 Å². The molecule has 0 fully saturated rings. The third kappa shape index (κ3) is 3.02. The van der Waals surface area contributed by atoms with Crippen molar-refractivity contribution in [3.8, 4) is 17.2 Å². The van der Waals surface area contributed by atoms with Crippen molar-refractivity contribution in [2.75, 3.05) is 13.4 Å². The minimum Gasteiger partial charge on any atom is -0.493 e. The van der Waals surface area contributed by atoms with Crippen LogP contribution in [0.2, 0.25) is 0 Å². The number of rotatable bonds is 4. The number of amides is 1. The molecule has 0 saturated heterocycles. The van der Waals surface area contributed by atoms with Crippen LogP contribution in [0.25, 0.3) is 0 Å². The van der Waals surface area contributed by atoms with E-state index in [4.69, 9.17) is 14.2 Å². The summed E-state index contributed by atoms with van der Waals surface area (Å²) in [5, 5.41) is 3.12. The highest BCUT2D eigenvalue weighted by Crippen LogP contribution is 2.33. The van der Waals surface area contributed by atoms with E-state index in [9.17, 15) is 4.79 Å². The van der Waals surface area contributed by atoms with Crippen LogP contribution < -0.4 is 19.5 Å². The van der Waals surface area contributed by atoms with Crippen molar-refractivity contribution in [1.82, 2.24) is 5.32 Å². The number of para-hydroxylation sites is 1. The summed E-state index contributed by atoms with van der Waals surface area (Å²) in [5.41, 5.74) is 2.13. The summed E-state index contributed by atoms with van der Waals surface area (Å²) in [6.07, 6.45) is 1.92. The first-order valence-corrected chi connectivity index (χ1v) is 8.19. The standard InChI is InChI=1S/C19H19NO4/c21-19(8-6-13-5-7-17-18(11-13)24-12-23-17)20-15-9-10-22-16-4-2-1-3-14(15)16/h1-5,7,11,15H,6,8-10,12H2,(H,20,21)/t15-/m1/s1. The average Bonchev–Trinajstić information content (AvgIpc) is 3.08. The Hall–Kier alpha value is -2.69. The van der Waals surface area contributed by atoms with Gasteiger partial charge in [-0.3, -0.25) is 4.79 Å². The molecule has 2 aliphatic heterocycles. The summed E-state index contributed by atoms with van der Waals surface area (Å²) in [5.74, 6) is 2.44. The van der Waals surface area contributed by atoms with Gasteiger partial charge in [0.1, 0.15) is 5.75 Å². The monoisotopic (exact) mass is 325 g/mol. The zero-order valence-corrected chi connectivity index (χ0v) is 13.3. The first-order chi connectivity index (χ1) is 11.8. The fourth-order valence-corrected chi connectivity index (χ4v) is 3.11. The molecule has 24 heavy (non-hydrogen) atoms. The second kappa shape index (κ2) is 6.43. The van der Waals surface area contributed by atoms with Gasteiger partial charge in [0.2, 0.25) is 12.7 Å². The van der Waals surface area contributed by atoms with Gasteiger partial charge in [0.25, 0.3) is 0 Å². The highest BCUT2D eigenvalue weighted by molar-refractivity contribution is 5.77. The number of carbonyl (C=O) groups is 1. The minimum atomic E-state index is 0.0270. The molecule has 0 spiro atoms. The Morgan fingerprint density at radius 1 is 1.04 bits per heavy atom. The van der Waals surface area contributed by atoms with E-state index in [1.807, 2.05) is 42.5 Å². The molecular formula is C19H19NO4. The van der Waals surface area contributed by atoms with E-state index in [1.54, 1.807) is 0 Å². The maximum atomic E-state index is 12.3. The molecule has 2 aromatic carbocycles. The van der Waals surface area contributed by atoms with Gasteiger partial charge in [-0.2, -0.15) is 0 Å². The Morgan fingerprint density at radius 3 is 2.88 bits per heavy atom. The van der Waals surface area contributed by atoms with E-state index >= 15 is 0 Å². The van der Waals surface area contributed by atoms with Crippen molar-refractivity contribution in [1.29, 1.82) is 0 Å². The number of aryl methyl sites for hydroxylation is 1. The summed E-state index contributed by atoms with van der Waals surface area (Å²) in [4.78, 5) is 12.3. The normalized spacial score (nSPS) is 17.8. The lowest BCUT2D eigenvalue weighted by Gasteiger charge is -2.26. The van der Waals surface area contributed by atoms with Crippen molar-refractivity contribution in [3.05, 3.63) is 53.6 Å². The molecule has 5 nitrogen and oxygen atoms in total. The summed E-state index contributed by atoms with van der Waals surface area (Å²) in [6, 6.07) is 13.7. The van der Waals surface area contributed by atoms with Gasteiger partial charge in [0.05, 0.1) is 12.6 Å². The molecule has 2 aliphatic rings. The molecule has 2 heterocycles. The topological polar surface area (TPSA) is 56.8 Å². The number of benzene rings is 2. The average molecular weight is 325 g/mol. The van der Waals surface area contributed by atoms with E-state index in [-0.39, 0.29) is 18.7 Å². The van der Waals surface area contributed by atoms with E-state index in [0.717, 1.165) is 34.8 Å². The van der Waals surface area contributed by atoms with Gasteiger partial charge in [0.15, 0.2) is 11.5 Å². The number of hydrogen-bond donors (Lipinski definition) is 1. The summed E-state index contributed by atoms with van der Waals surface area (Å²) >= 11 is 0. The van der Waals surface area contributed by atoms with Gasteiger partial charge in [0, 0.05) is 18.4 Å². The van der Waals surface area contributed by atoms with E-state index < -0.39 is 0 Å². The predicted molar refractivity (Wildman–Crippen MR) is 88.3 cm³/mol. The van der Waals surface area contributed by atoms with Gasteiger partial charge in [-0.1, -0.05) is 24.3 Å². The fourth-order valence-electron chi connectivity index (χ4n) is 3.11. The van der Waals surface area contributed by atoms with Crippen LogP contribution in [0.15, 0.2) is 42.5 Å². The van der Waals surface area contributed by atoms with Crippen LogP contribution in [-0.4, -0.2) is 19.3 Å². The van der Waals surface area contributed by atoms with Crippen molar-refractivity contribution >= 4 is 5.91 Å². The third-order valence-electron chi connectivity index (χ3n) is 4.37. The van der Waals surface area contributed by atoms with Crippen LogP contribution in [0.5, 0.6) is 17.2 Å². The van der Waals surface area contributed by atoms with Gasteiger partial charge in [-0.25, -0.2) is 0 Å². The Kier molecular flexibility index (Phi) is 3.99. The van der Waals surface area contributed by atoms with Crippen LogP contribution in [-0.2, 0) is 11.2 Å². The molecule has 0 radical (unpaired) electrons. The molecule has 0 aromatic heterocycles. The van der Waals surface area contributed by atoms with Gasteiger partial charge in [-0.15, -0.1) is 0 Å². The quantitative estimate of drug-likeness (QED) is 0.939. The minimum absolute atomic E-state index is 0.0270. The number of ether oxygens (including phenoxy) is 3. The highest BCUT2D eigenvalue weighted by atomic mass is 16.7. The van der Waals surface area contributed by atoms with Crippen LogP contribution in [0.4, 0.5) is 0 Å². The van der Waals surface area contributed by atoms with Gasteiger partial charge >= 0.3 is 0 Å². The molecule has 1 atom stereocenters. The fraction of sp³-hybridized carbons (Fsp3) is 0.316. The van der Waals surface area contributed by atoms with Gasteiger partial charge < -0.3 is 19.5 Å². The summed E-state index contributed by atoms with van der Waals surface area (Å²) < 4.78 is 16.3. The molecule has 124 valence electrons. The Morgan fingerprint density at radius 2 is 1.92 bits per heavy atom. The predicted octanol–water partition coefficient (Wildman–Crippen LogP) is 2.99. The largest absolute Gasteiger partial charge is 0.493 e. The maximum absolute atomic E-state index is 12.3. The second-order valence-corrected chi connectivity index (χ2v) is 5.98. The second-order valence-electron chi connectivity index (χ2n) is 5.98. The van der Waals surface area contributed by atoms with Crippen molar-refractivity contribution < 1.29 is 19.0 Å². The number of fused-ring (bicyclic) bond motifs is 2. The van der Waals surface area contributed by atoms with Gasteiger partial charge in [-0.05, 0) is 30.2 Å². The lowest BCUT2D eigenvalue weighted by Crippen LogP contribution is -2.32. The van der Waals surface area contributed by atoms with E-state index in [2.05, 4.69) is 5.32 Å². The third-order valence-corrected chi connectivity index (χ3v) is 4.37. The smallest absolute Gasteiger partial charge is 0.231 e. The van der Waals surface area contributed by atoms with Crippen LogP contribution in [0, 0.1) is 0 Å². The maximum Gasteiger partial charge on any atom is 0.231 e. The van der Waals surface area contributed by atoms with E-state index in [1.165, 1.54) is 0 Å². The van der Waals surface area contributed by atoms with Crippen LogP contribution >= 0.6 is 0 Å². The Bertz CT molecular complexity index is 759. The van der Waals surface area contributed by atoms with E-state index in [0.29, 0.717) is 19.4 Å². The molecule has 4 rings (SSSR count). The molecule has 0 bridgehead atoms. The van der Waals surface area contributed by atoms with Crippen LogP contribution in [0.3, 0.4) is 0 Å². The van der Waals surface area contributed by atoms with Crippen LogP contribution in [0.1, 0.15) is 30.0 Å². The van der Waals surface area contributed by atoms with Crippen molar-refractivity contribution in [2.45, 2.75) is 25.3 Å². The molecule has 0 saturated carbocycles. The lowest BCUT2D eigenvalue weighted by atomic mass is 10.00. The first-order valence-electron chi connectivity index (χ1n) is 8.19. The zero-order chi connectivity index (χ0) is 16.4. The lowest BCUT2D eigenvalue weighted by molar-refractivity contribution is -0.122.